The van der Waals surface area contributed by atoms with Gasteiger partial charge in [0.25, 0.3) is 5.91 Å². The van der Waals surface area contributed by atoms with E-state index in [0.29, 0.717) is 30.8 Å². The minimum Gasteiger partial charge on any atom is -0.494 e. The second kappa shape index (κ2) is 10.4. The zero-order chi connectivity index (χ0) is 21.3. The highest BCUT2D eigenvalue weighted by Gasteiger charge is 2.23. The van der Waals surface area contributed by atoms with Gasteiger partial charge in [-0.25, -0.2) is 0 Å². The minimum absolute atomic E-state index is 0.00228. The highest BCUT2D eigenvalue weighted by atomic mass is 16.5. The van der Waals surface area contributed by atoms with E-state index >= 15 is 0 Å². The van der Waals surface area contributed by atoms with Crippen molar-refractivity contribution in [2.75, 3.05) is 39.3 Å². The highest BCUT2D eigenvalue weighted by Crippen LogP contribution is 2.17. The van der Waals surface area contributed by atoms with Crippen molar-refractivity contribution in [3.05, 3.63) is 65.2 Å². The largest absolute Gasteiger partial charge is 0.494 e. The van der Waals surface area contributed by atoms with E-state index in [-0.39, 0.29) is 24.9 Å². The number of amides is 2. The zero-order valence-corrected chi connectivity index (χ0v) is 17.1. The van der Waals surface area contributed by atoms with Crippen LogP contribution in [0.5, 0.6) is 5.75 Å². The van der Waals surface area contributed by atoms with E-state index in [4.69, 9.17) is 10.00 Å². The van der Waals surface area contributed by atoms with Gasteiger partial charge in [-0.1, -0.05) is 12.1 Å². The molecule has 2 aromatic rings. The molecule has 2 aromatic carbocycles. The Hall–Kier alpha value is -3.37. The van der Waals surface area contributed by atoms with E-state index < -0.39 is 0 Å². The highest BCUT2D eigenvalue weighted by molar-refractivity contribution is 5.96. The van der Waals surface area contributed by atoms with Gasteiger partial charge >= 0.3 is 0 Å². The summed E-state index contributed by atoms with van der Waals surface area (Å²) < 4.78 is 5.56. The molecule has 0 radical (unpaired) electrons. The van der Waals surface area contributed by atoms with Crippen molar-refractivity contribution in [3.8, 4) is 11.8 Å². The monoisotopic (exact) mass is 406 g/mol. The third-order valence-corrected chi connectivity index (χ3v) is 4.93. The van der Waals surface area contributed by atoms with Crippen LogP contribution in [0.15, 0.2) is 48.5 Å². The molecule has 1 N–H and O–H groups in total. The van der Waals surface area contributed by atoms with E-state index in [1.165, 1.54) is 0 Å². The Morgan fingerprint density at radius 1 is 1.17 bits per heavy atom. The predicted octanol–water partition coefficient (Wildman–Crippen LogP) is 2.03. The molecule has 0 bridgehead atoms. The van der Waals surface area contributed by atoms with E-state index in [2.05, 4.69) is 11.4 Å². The fourth-order valence-electron chi connectivity index (χ4n) is 3.37. The number of carbonyl (C=O) groups is 2. The number of carbonyl (C=O) groups excluding carboxylic acids is 2. The van der Waals surface area contributed by atoms with Crippen molar-refractivity contribution in [3.63, 3.8) is 0 Å². The molecule has 7 nitrogen and oxygen atoms in total. The number of nitriles is 1. The summed E-state index contributed by atoms with van der Waals surface area (Å²) in [5.41, 5.74) is 1.82. The fraction of sp³-hybridized carbons (Fsp3) is 0.348. The first-order valence-corrected chi connectivity index (χ1v) is 10.1. The number of piperazine rings is 1. The maximum Gasteiger partial charge on any atom is 0.254 e. The van der Waals surface area contributed by atoms with Crippen molar-refractivity contribution in [2.24, 2.45) is 0 Å². The van der Waals surface area contributed by atoms with Gasteiger partial charge in [-0.05, 0) is 48.9 Å². The van der Waals surface area contributed by atoms with Crippen LogP contribution in [0.3, 0.4) is 0 Å². The molecule has 1 heterocycles. The smallest absolute Gasteiger partial charge is 0.254 e. The summed E-state index contributed by atoms with van der Waals surface area (Å²) in [5, 5.41) is 12.2. The van der Waals surface area contributed by atoms with Gasteiger partial charge in [0.2, 0.25) is 5.91 Å². The van der Waals surface area contributed by atoms with E-state index in [1.807, 2.05) is 31.2 Å². The summed E-state index contributed by atoms with van der Waals surface area (Å²) in [5.74, 6) is 0.415. The first-order valence-electron chi connectivity index (χ1n) is 10.1. The average Bonchev–Trinajstić information content (AvgIpc) is 2.79. The molecule has 3 rings (SSSR count). The Labute approximate surface area is 176 Å². The molecular formula is C23H26N4O3. The molecule has 7 heteroatoms. The van der Waals surface area contributed by atoms with Gasteiger partial charge in [-0.2, -0.15) is 5.26 Å². The molecule has 0 saturated carbocycles. The maximum atomic E-state index is 13.2. The molecule has 1 saturated heterocycles. The molecular weight excluding hydrogens is 380 g/mol. The van der Waals surface area contributed by atoms with Crippen LogP contribution < -0.4 is 10.1 Å². The second-order valence-electron chi connectivity index (χ2n) is 7.06. The van der Waals surface area contributed by atoms with Crippen LogP contribution in [0.4, 0.5) is 0 Å². The second-order valence-corrected chi connectivity index (χ2v) is 7.06. The predicted molar refractivity (Wildman–Crippen MR) is 113 cm³/mol. The molecule has 2 amide bonds. The van der Waals surface area contributed by atoms with Crippen LogP contribution in [0.2, 0.25) is 0 Å². The lowest BCUT2D eigenvalue weighted by Crippen LogP contribution is -2.50. The molecule has 0 spiro atoms. The van der Waals surface area contributed by atoms with Gasteiger partial charge in [-0.15, -0.1) is 0 Å². The van der Waals surface area contributed by atoms with Crippen LogP contribution in [-0.4, -0.2) is 60.9 Å². The van der Waals surface area contributed by atoms with Gasteiger partial charge in [-0.3, -0.25) is 9.59 Å². The quantitative estimate of drug-likeness (QED) is 0.760. The number of ether oxygens (including phenoxy) is 1. The van der Waals surface area contributed by atoms with E-state index in [1.54, 1.807) is 34.1 Å². The molecule has 1 aliphatic rings. The van der Waals surface area contributed by atoms with Gasteiger partial charge in [0.15, 0.2) is 0 Å². The van der Waals surface area contributed by atoms with Crippen LogP contribution in [0, 0.1) is 11.3 Å². The molecule has 0 aromatic heterocycles. The Bertz CT molecular complexity index is 915. The Kier molecular flexibility index (Phi) is 7.41. The number of nitrogens with zero attached hydrogens (tertiary/aromatic N) is 3. The van der Waals surface area contributed by atoms with E-state index in [0.717, 1.165) is 24.4 Å². The van der Waals surface area contributed by atoms with Gasteiger partial charge in [0.1, 0.15) is 12.3 Å². The Balaban J connectivity index is 1.81. The topological polar surface area (TPSA) is 85.7 Å². The average molecular weight is 406 g/mol. The lowest BCUT2D eigenvalue weighted by Gasteiger charge is -2.30. The Morgan fingerprint density at radius 2 is 1.90 bits per heavy atom. The van der Waals surface area contributed by atoms with Crippen molar-refractivity contribution in [1.82, 2.24) is 15.1 Å². The SMILES string of the molecule is CCOc1cccc(CN(CC(=O)N2CCNCC2)C(=O)c2ccc(C#N)cc2)c1. The lowest BCUT2D eigenvalue weighted by atomic mass is 10.1. The third-order valence-electron chi connectivity index (χ3n) is 4.93. The number of nitrogens with one attached hydrogen (secondary N) is 1. The molecule has 0 unspecified atom stereocenters. The molecule has 1 aliphatic heterocycles. The van der Waals surface area contributed by atoms with Crippen LogP contribution in [0.25, 0.3) is 0 Å². The first kappa shape index (κ1) is 21.3. The molecule has 156 valence electrons. The normalized spacial score (nSPS) is 13.4. The summed E-state index contributed by atoms with van der Waals surface area (Å²) in [6, 6.07) is 16.1. The maximum absolute atomic E-state index is 13.2. The molecule has 1 fully saturated rings. The van der Waals surface area contributed by atoms with Gasteiger partial charge < -0.3 is 19.9 Å². The van der Waals surface area contributed by atoms with Crippen molar-refractivity contribution >= 4 is 11.8 Å². The summed E-state index contributed by atoms with van der Waals surface area (Å²) in [6.07, 6.45) is 0. The standard InChI is InChI=1S/C23H26N4O3/c1-2-30-21-5-3-4-19(14-21)16-27(17-22(28)26-12-10-25-11-13-26)23(29)20-8-6-18(15-24)7-9-20/h3-9,14,25H,2,10-13,16-17H2,1H3. The van der Waals surface area contributed by atoms with Crippen LogP contribution in [0.1, 0.15) is 28.4 Å². The number of hydrogen-bond donors (Lipinski definition) is 1. The van der Waals surface area contributed by atoms with E-state index in [9.17, 15) is 9.59 Å². The molecule has 0 atom stereocenters. The summed E-state index contributed by atoms with van der Waals surface area (Å²) >= 11 is 0. The van der Waals surface area contributed by atoms with Crippen LogP contribution >= 0.6 is 0 Å². The molecule has 30 heavy (non-hydrogen) atoms. The van der Waals surface area contributed by atoms with Crippen molar-refractivity contribution in [2.45, 2.75) is 13.5 Å². The number of hydrogen-bond acceptors (Lipinski definition) is 5. The summed E-state index contributed by atoms with van der Waals surface area (Å²) in [4.78, 5) is 29.4. The van der Waals surface area contributed by atoms with Crippen LogP contribution in [-0.2, 0) is 11.3 Å². The zero-order valence-electron chi connectivity index (χ0n) is 17.1. The summed E-state index contributed by atoms with van der Waals surface area (Å²) in [6.45, 7) is 5.54. The Morgan fingerprint density at radius 3 is 2.57 bits per heavy atom. The number of rotatable bonds is 7. The van der Waals surface area contributed by atoms with Crippen molar-refractivity contribution in [1.29, 1.82) is 5.26 Å². The number of benzene rings is 2. The fourth-order valence-corrected chi connectivity index (χ4v) is 3.37. The summed E-state index contributed by atoms with van der Waals surface area (Å²) in [7, 11) is 0. The van der Waals surface area contributed by atoms with Crippen molar-refractivity contribution < 1.29 is 14.3 Å². The lowest BCUT2D eigenvalue weighted by molar-refractivity contribution is -0.132. The van der Waals surface area contributed by atoms with Gasteiger partial charge in [0.05, 0.1) is 18.2 Å². The van der Waals surface area contributed by atoms with Gasteiger partial charge in [0, 0.05) is 38.3 Å². The minimum atomic E-state index is -0.246. The molecule has 0 aliphatic carbocycles. The third kappa shape index (κ3) is 5.58. The first-order chi connectivity index (χ1) is 14.6.